The van der Waals surface area contributed by atoms with Gasteiger partial charge in [-0.1, -0.05) is 18.6 Å². The Balaban J connectivity index is 1.64. The number of rotatable bonds is 7. The number of nitrogens with zero attached hydrogens (tertiary/aromatic N) is 2. The molecular weight excluding hydrogens is 376 g/mol. The smallest absolute Gasteiger partial charge is 0.251 e. The Hall–Kier alpha value is -2.45. The van der Waals surface area contributed by atoms with Crippen molar-refractivity contribution in [2.24, 2.45) is 0 Å². The first-order chi connectivity index (χ1) is 13.5. The van der Waals surface area contributed by atoms with E-state index in [1.165, 1.54) is 10.4 Å². The molecule has 2 N–H and O–H groups in total. The summed E-state index contributed by atoms with van der Waals surface area (Å²) in [6.07, 6.45) is 4.50. The van der Waals surface area contributed by atoms with Crippen LogP contribution < -0.4 is 10.6 Å². The third kappa shape index (κ3) is 4.88. The number of pyridine rings is 1. The minimum absolute atomic E-state index is 0.216. The molecule has 0 unspecified atom stereocenters. The molecule has 1 aliphatic rings. The van der Waals surface area contributed by atoms with Crippen LogP contribution >= 0.6 is 0 Å². The van der Waals surface area contributed by atoms with Crippen molar-refractivity contribution in [3.8, 4) is 0 Å². The van der Waals surface area contributed by atoms with E-state index < -0.39 is 10.0 Å². The molecule has 1 aromatic carbocycles. The van der Waals surface area contributed by atoms with Gasteiger partial charge in [0.1, 0.15) is 5.82 Å². The molecule has 28 heavy (non-hydrogen) atoms. The van der Waals surface area contributed by atoms with Crippen molar-refractivity contribution in [2.75, 3.05) is 31.5 Å². The summed E-state index contributed by atoms with van der Waals surface area (Å²) in [5, 5.41) is 5.92. The summed E-state index contributed by atoms with van der Waals surface area (Å²) < 4.78 is 27.5. The zero-order chi connectivity index (χ0) is 20.0. The lowest BCUT2D eigenvalue weighted by atomic mass is 10.1. The standard InChI is InChI=1S/C20H26N4O3S/c1-16-8-9-17(15-18(16)28(26,27)24-13-5-2-6-14-24)20(25)23-12-11-22-19-7-3-4-10-21-19/h3-4,7-10,15H,2,5-6,11-14H2,1H3,(H,21,22)(H,23,25). The summed E-state index contributed by atoms with van der Waals surface area (Å²) in [7, 11) is -3.58. The highest BCUT2D eigenvalue weighted by molar-refractivity contribution is 7.89. The van der Waals surface area contributed by atoms with Crippen LogP contribution in [0, 0.1) is 6.92 Å². The summed E-state index contributed by atoms with van der Waals surface area (Å²) in [5.74, 6) is 0.444. The van der Waals surface area contributed by atoms with Gasteiger partial charge in [0.05, 0.1) is 4.90 Å². The second-order valence-corrected chi connectivity index (χ2v) is 8.75. The van der Waals surface area contributed by atoms with E-state index in [1.54, 1.807) is 25.3 Å². The van der Waals surface area contributed by atoms with E-state index >= 15 is 0 Å². The Labute approximate surface area is 166 Å². The Morgan fingerprint density at radius 3 is 2.61 bits per heavy atom. The van der Waals surface area contributed by atoms with Gasteiger partial charge in [0, 0.05) is 37.9 Å². The number of hydrogen-bond acceptors (Lipinski definition) is 5. The minimum Gasteiger partial charge on any atom is -0.368 e. The maximum absolute atomic E-state index is 13.0. The van der Waals surface area contributed by atoms with Gasteiger partial charge in [0.25, 0.3) is 5.91 Å². The largest absolute Gasteiger partial charge is 0.368 e. The number of piperidine rings is 1. The van der Waals surface area contributed by atoms with E-state index in [-0.39, 0.29) is 10.8 Å². The number of hydrogen-bond donors (Lipinski definition) is 2. The van der Waals surface area contributed by atoms with E-state index in [0.717, 1.165) is 25.1 Å². The first kappa shape index (κ1) is 20.3. The van der Waals surface area contributed by atoms with Gasteiger partial charge in [-0.05, 0) is 49.6 Å². The number of sulfonamides is 1. The molecule has 2 aromatic rings. The van der Waals surface area contributed by atoms with Crippen molar-refractivity contribution >= 4 is 21.7 Å². The zero-order valence-electron chi connectivity index (χ0n) is 16.0. The van der Waals surface area contributed by atoms with Crippen molar-refractivity contribution in [3.63, 3.8) is 0 Å². The average molecular weight is 403 g/mol. The monoisotopic (exact) mass is 402 g/mol. The molecule has 1 saturated heterocycles. The molecule has 7 nitrogen and oxygen atoms in total. The second-order valence-electron chi connectivity index (χ2n) is 6.84. The minimum atomic E-state index is -3.58. The Morgan fingerprint density at radius 2 is 1.89 bits per heavy atom. The average Bonchev–Trinajstić information content (AvgIpc) is 2.72. The zero-order valence-corrected chi connectivity index (χ0v) is 16.8. The molecule has 0 radical (unpaired) electrons. The lowest BCUT2D eigenvalue weighted by molar-refractivity contribution is 0.0955. The van der Waals surface area contributed by atoms with E-state index in [4.69, 9.17) is 0 Å². The molecule has 2 heterocycles. The molecule has 150 valence electrons. The van der Waals surface area contributed by atoms with E-state index in [2.05, 4.69) is 15.6 Å². The third-order valence-electron chi connectivity index (χ3n) is 4.76. The first-order valence-corrected chi connectivity index (χ1v) is 11.0. The van der Waals surface area contributed by atoms with E-state index in [0.29, 0.717) is 37.3 Å². The van der Waals surface area contributed by atoms with Crippen LogP contribution in [0.5, 0.6) is 0 Å². The van der Waals surface area contributed by atoms with Gasteiger partial charge in [-0.15, -0.1) is 0 Å². The van der Waals surface area contributed by atoms with E-state index in [1.807, 2.05) is 18.2 Å². The topological polar surface area (TPSA) is 91.4 Å². The third-order valence-corrected chi connectivity index (χ3v) is 6.81. The van der Waals surface area contributed by atoms with Gasteiger partial charge in [-0.25, -0.2) is 13.4 Å². The molecule has 1 aromatic heterocycles. The molecule has 3 rings (SSSR count). The molecule has 0 atom stereocenters. The van der Waals surface area contributed by atoms with Gasteiger partial charge in [0.15, 0.2) is 0 Å². The van der Waals surface area contributed by atoms with Gasteiger partial charge in [-0.3, -0.25) is 4.79 Å². The summed E-state index contributed by atoms with van der Waals surface area (Å²) >= 11 is 0. The molecule has 1 fully saturated rings. The quantitative estimate of drug-likeness (QED) is 0.694. The highest BCUT2D eigenvalue weighted by Crippen LogP contribution is 2.24. The summed E-state index contributed by atoms with van der Waals surface area (Å²) in [4.78, 5) is 16.8. The predicted octanol–water partition coefficient (Wildman–Crippen LogP) is 2.41. The van der Waals surface area contributed by atoms with Crippen LogP contribution in [0.25, 0.3) is 0 Å². The predicted molar refractivity (Wildman–Crippen MR) is 109 cm³/mol. The first-order valence-electron chi connectivity index (χ1n) is 9.52. The summed E-state index contributed by atoms with van der Waals surface area (Å²) in [6, 6.07) is 10.4. The number of amides is 1. The van der Waals surface area contributed by atoms with Crippen molar-refractivity contribution in [2.45, 2.75) is 31.1 Å². The fourth-order valence-corrected chi connectivity index (χ4v) is 4.97. The number of aromatic nitrogens is 1. The second kappa shape index (κ2) is 9.16. The van der Waals surface area contributed by atoms with Crippen molar-refractivity contribution in [3.05, 3.63) is 53.7 Å². The lowest BCUT2D eigenvalue weighted by Gasteiger charge is -2.26. The Morgan fingerprint density at radius 1 is 1.11 bits per heavy atom. The number of carbonyl (C=O) groups is 1. The summed E-state index contributed by atoms with van der Waals surface area (Å²) in [6.45, 7) is 3.76. The molecule has 0 spiro atoms. The van der Waals surface area contributed by atoms with Crippen LogP contribution in [-0.4, -0.2) is 49.8 Å². The Bertz CT molecular complexity index is 910. The van der Waals surface area contributed by atoms with Gasteiger partial charge in [-0.2, -0.15) is 4.31 Å². The fraction of sp³-hybridized carbons (Fsp3) is 0.400. The SMILES string of the molecule is Cc1ccc(C(=O)NCCNc2ccccn2)cc1S(=O)(=O)N1CCCCC1. The molecule has 0 saturated carbocycles. The number of nitrogens with one attached hydrogen (secondary N) is 2. The molecule has 8 heteroatoms. The maximum Gasteiger partial charge on any atom is 0.251 e. The summed E-state index contributed by atoms with van der Waals surface area (Å²) in [5.41, 5.74) is 0.998. The van der Waals surface area contributed by atoms with Crippen molar-refractivity contribution in [1.29, 1.82) is 0 Å². The van der Waals surface area contributed by atoms with Gasteiger partial charge >= 0.3 is 0 Å². The molecular formula is C20H26N4O3S. The number of aryl methyl sites for hydroxylation is 1. The van der Waals surface area contributed by atoms with E-state index in [9.17, 15) is 13.2 Å². The molecule has 0 bridgehead atoms. The number of anilines is 1. The van der Waals surface area contributed by atoms with Crippen LogP contribution in [-0.2, 0) is 10.0 Å². The Kier molecular flexibility index (Phi) is 6.64. The number of carbonyl (C=O) groups excluding carboxylic acids is 1. The molecule has 0 aliphatic carbocycles. The van der Waals surface area contributed by atoms with Crippen LogP contribution in [0.3, 0.4) is 0 Å². The van der Waals surface area contributed by atoms with Crippen LogP contribution in [0.15, 0.2) is 47.5 Å². The maximum atomic E-state index is 13.0. The highest BCUT2D eigenvalue weighted by Gasteiger charge is 2.28. The number of benzene rings is 1. The lowest BCUT2D eigenvalue weighted by Crippen LogP contribution is -2.36. The highest BCUT2D eigenvalue weighted by atomic mass is 32.2. The van der Waals surface area contributed by atoms with Crippen molar-refractivity contribution in [1.82, 2.24) is 14.6 Å². The van der Waals surface area contributed by atoms with Crippen LogP contribution in [0.1, 0.15) is 35.2 Å². The fourth-order valence-electron chi connectivity index (χ4n) is 3.20. The van der Waals surface area contributed by atoms with Crippen LogP contribution in [0.4, 0.5) is 5.82 Å². The van der Waals surface area contributed by atoms with Crippen LogP contribution in [0.2, 0.25) is 0 Å². The van der Waals surface area contributed by atoms with Crippen molar-refractivity contribution < 1.29 is 13.2 Å². The normalized spacial score (nSPS) is 15.2. The molecule has 1 amide bonds. The molecule has 1 aliphatic heterocycles. The van der Waals surface area contributed by atoms with Gasteiger partial charge in [0.2, 0.25) is 10.0 Å². The van der Waals surface area contributed by atoms with Gasteiger partial charge < -0.3 is 10.6 Å².